The minimum Gasteiger partial charge on any atom is -0.486 e. The van der Waals surface area contributed by atoms with Crippen molar-refractivity contribution in [2.75, 3.05) is 18.5 Å². The predicted octanol–water partition coefficient (Wildman–Crippen LogP) is 3.06. The number of pyridine rings is 1. The topological polar surface area (TPSA) is 69.6 Å². The molecule has 3 aromatic rings. The predicted molar refractivity (Wildman–Crippen MR) is 102 cm³/mol. The second-order valence-electron chi connectivity index (χ2n) is 6.32. The van der Waals surface area contributed by atoms with Crippen molar-refractivity contribution in [1.82, 2.24) is 4.57 Å². The largest absolute Gasteiger partial charge is 0.486 e. The number of hydrogen-bond acceptors (Lipinski definition) is 4. The number of benzene rings is 2. The summed E-state index contributed by atoms with van der Waals surface area (Å²) in [4.78, 5) is 24.7. The molecule has 1 N–H and O–H groups in total. The molecule has 0 radical (unpaired) electrons. The summed E-state index contributed by atoms with van der Waals surface area (Å²) in [6.45, 7) is 1.19. The van der Waals surface area contributed by atoms with E-state index in [-0.39, 0.29) is 23.8 Å². The van der Waals surface area contributed by atoms with Crippen molar-refractivity contribution in [3.05, 3.63) is 88.1 Å². The number of amides is 1. The van der Waals surface area contributed by atoms with Crippen molar-refractivity contribution in [3.63, 3.8) is 0 Å². The van der Waals surface area contributed by atoms with Crippen LogP contribution in [0.4, 0.5) is 10.1 Å². The van der Waals surface area contributed by atoms with Gasteiger partial charge < -0.3 is 19.4 Å². The number of nitrogens with one attached hydrogen (secondary N) is 1. The van der Waals surface area contributed by atoms with E-state index in [1.54, 1.807) is 30.3 Å². The summed E-state index contributed by atoms with van der Waals surface area (Å²) < 4.78 is 25.4. The third-order valence-electron chi connectivity index (χ3n) is 4.31. The average Bonchev–Trinajstić information content (AvgIpc) is 2.71. The molecule has 0 unspecified atom stereocenters. The van der Waals surface area contributed by atoms with Gasteiger partial charge in [0.1, 0.15) is 19.0 Å². The van der Waals surface area contributed by atoms with E-state index in [0.29, 0.717) is 36.0 Å². The summed E-state index contributed by atoms with van der Waals surface area (Å²) in [5.74, 6) is 0.510. The third-order valence-corrected chi connectivity index (χ3v) is 4.31. The van der Waals surface area contributed by atoms with Crippen LogP contribution >= 0.6 is 0 Å². The Morgan fingerprint density at radius 2 is 1.75 bits per heavy atom. The lowest BCUT2D eigenvalue weighted by Crippen LogP contribution is -2.22. The highest BCUT2D eigenvalue weighted by molar-refractivity contribution is 6.04. The fourth-order valence-electron chi connectivity index (χ4n) is 2.90. The average molecular weight is 380 g/mol. The minimum absolute atomic E-state index is 0.240. The molecular weight excluding hydrogens is 363 g/mol. The normalized spacial score (nSPS) is 12.5. The van der Waals surface area contributed by atoms with E-state index in [1.165, 1.54) is 35.0 Å². The first-order chi connectivity index (χ1) is 13.6. The van der Waals surface area contributed by atoms with Gasteiger partial charge in [-0.3, -0.25) is 9.59 Å². The molecule has 1 aromatic heterocycles. The van der Waals surface area contributed by atoms with Crippen LogP contribution in [0, 0.1) is 5.82 Å². The molecule has 142 valence electrons. The summed E-state index contributed by atoms with van der Waals surface area (Å²) in [5.41, 5.74) is 1.40. The van der Waals surface area contributed by atoms with Crippen LogP contribution in [0.3, 0.4) is 0 Å². The highest BCUT2D eigenvalue weighted by Gasteiger charge is 2.14. The van der Waals surface area contributed by atoms with E-state index in [4.69, 9.17) is 9.47 Å². The zero-order valence-electron chi connectivity index (χ0n) is 14.9. The lowest BCUT2D eigenvalue weighted by Gasteiger charge is -2.19. The molecule has 1 amide bonds. The Kier molecular flexibility index (Phi) is 4.80. The Bertz CT molecular complexity index is 1080. The molecule has 28 heavy (non-hydrogen) atoms. The maximum Gasteiger partial charge on any atom is 0.257 e. The Labute approximate surface area is 160 Å². The van der Waals surface area contributed by atoms with Gasteiger partial charge in [0.2, 0.25) is 0 Å². The van der Waals surface area contributed by atoms with E-state index in [1.807, 2.05) is 0 Å². The van der Waals surface area contributed by atoms with Gasteiger partial charge in [-0.25, -0.2) is 4.39 Å². The molecule has 0 saturated heterocycles. The monoisotopic (exact) mass is 380 g/mol. The van der Waals surface area contributed by atoms with Crippen LogP contribution in [0.5, 0.6) is 11.5 Å². The minimum atomic E-state index is -0.357. The molecule has 7 heteroatoms. The number of hydrogen-bond donors (Lipinski definition) is 1. The number of anilines is 1. The van der Waals surface area contributed by atoms with E-state index >= 15 is 0 Å². The number of nitrogens with zero attached hydrogens (tertiary/aromatic N) is 1. The molecule has 0 bridgehead atoms. The quantitative estimate of drug-likeness (QED) is 0.755. The van der Waals surface area contributed by atoms with Crippen molar-refractivity contribution >= 4 is 11.6 Å². The smallest absolute Gasteiger partial charge is 0.257 e. The van der Waals surface area contributed by atoms with Gasteiger partial charge in [-0.2, -0.15) is 0 Å². The van der Waals surface area contributed by atoms with Crippen molar-refractivity contribution in [3.8, 4) is 11.5 Å². The number of rotatable bonds is 4. The Hall–Kier alpha value is -3.61. The SMILES string of the molecule is O=C(Nc1ccc2c(c1)OCCO2)c1ccc(=O)n(Cc2ccc(F)cc2)c1. The molecule has 0 saturated carbocycles. The number of carbonyl (C=O) groups excluding carboxylic acids is 1. The number of carbonyl (C=O) groups is 1. The second kappa shape index (κ2) is 7.56. The maximum absolute atomic E-state index is 13.0. The number of fused-ring (bicyclic) bond motifs is 1. The molecule has 0 fully saturated rings. The Morgan fingerprint density at radius 3 is 2.54 bits per heavy atom. The van der Waals surface area contributed by atoms with Crippen LogP contribution in [-0.4, -0.2) is 23.7 Å². The van der Waals surface area contributed by atoms with Gasteiger partial charge in [-0.1, -0.05) is 12.1 Å². The highest BCUT2D eigenvalue weighted by Crippen LogP contribution is 2.32. The number of halogens is 1. The fraction of sp³-hybridized carbons (Fsp3) is 0.143. The van der Waals surface area contributed by atoms with Gasteiger partial charge in [0.25, 0.3) is 11.5 Å². The van der Waals surface area contributed by atoms with Crippen molar-refractivity contribution in [1.29, 1.82) is 0 Å². The first-order valence-electron chi connectivity index (χ1n) is 8.74. The van der Waals surface area contributed by atoms with E-state index in [2.05, 4.69) is 5.32 Å². The highest BCUT2D eigenvalue weighted by atomic mass is 19.1. The molecule has 2 heterocycles. The van der Waals surface area contributed by atoms with Crippen LogP contribution in [0.25, 0.3) is 0 Å². The fourth-order valence-corrected chi connectivity index (χ4v) is 2.90. The Morgan fingerprint density at radius 1 is 1.00 bits per heavy atom. The van der Waals surface area contributed by atoms with Crippen LogP contribution in [0.2, 0.25) is 0 Å². The van der Waals surface area contributed by atoms with Gasteiger partial charge in [-0.15, -0.1) is 0 Å². The van der Waals surface area contributed by atoms with Crippen molar-refractivity contribution in [2.24, 2.45) is 0 Å². The molecule has 6 nitrogen and oxygen atoms in total. The van der Waals surface area contributed by atoms with E-state index in [9.17, 15) is 14.0 Å². The molecule has 0 spiro atoms. The number of aromatic nitrogens is 1. The van der Waals surface area contributed by atoms with Crippen molar-refractivity contribution < 1.29 is 18.7 Å². The van der Waals surface area contributed by atoms with Gasteiger partial charge >= 0.3 is 0 Å². The molecule has 1 aliphatic heterocycles. The molecule has 1 aliphatic rings. The van der Waals surface area contributed by atoms with E-state index in [0.717, 1.165) is 5.56 Å². The zero-order valence-corrected chi connectivity index (χ0v) is 14.9. The number of ether oxygens (including phenoxy) is 2. The summed E-state index contributed by atoms with van der Waals surface area (Å²) in [6, 6.07) is 13.8. The molecule has 4 rings (SSSR count). The summed E-state index contributed by atoms with van der Waals surface area (Å²) in [7, 11) is 0. The lowest BCUT2D eigenvalue weighted by atomic mass is 10.2. The first-order valence-corrected chi connectivity index (χ1v) is 8.74. The maximum atomic E-state index is 13.0. The van der Waals surface area contributed by atoms with Crippen LogP contribution in [0.1, 0.15) is 15.9 Å². The molecule has 2 aromatic carbocycles. The van der Waals surface area contributed by atoms with E-state index < -0.39 is 0 Å². The lowest BCUT2D eigenvalue weighted by molar-refractivity contribution is 0.102. The van der Waals surface area contributed by atoms with Gasteiger partial charge in [-0.05, 0) is 35.9 Å². The molecule has 0 atom stereocenters. The van der Waals surface area contributed by atoms with Crippen molar-refractivity contribution in [2.45, 2.75) is 6.54 Å². The third kappa shape index (κ3) is 3.88. The van der Waals surface area contributed by atoms with Crippen LogP contribution < -0.4 is 20.3 Å². The standard InChI is InChI=1S/C21H17FN2O4/c22-16-4-1-14(2-5-16)12-24-13-15(3-8-20(24)25)21(26)23-17-6-7-18-19(11-17)28-10-9-27-18/h1-8,11,13H,9-10,12H2,(H,23,26). The second-order valence-corrected chi connectivity index (χ2v) is 6.32. The summed E-state index contributed by atoms with van der Waals surface area (Å²) in [6.07, 6.45) is 1.49. The van der Waals surface area contributed by atoms with Crippen LogP contribution in [-0.2, 0) is 6.54 Å². The van der Waals surface area contributed by atoms with Gasteiger partial charge in [0.05, 0.1) is 12.1 Å². The van der Waals surface area contributed by atoms with Crippen LogP contribution in [0.15, 0.2) is 65.6 Å². The molecular formula is C21H17FN2O4. The first kappa shape index (κ1) is 17.8. The summed E-state index contributed by atoms with van der Waals surface area (Å²) in [5, 5.41) is 2.79. The van der Waals surface area contributed by atoms with Gasteiger partial charge in [0, 0.05) is 24.0 Å². The molecule has 0 aliphatic carbocycles. The van der Waals surface area contributed by atoms with Gasteiger partial charge in [0.15, 0.2) is 11.5 Å². The zero-order chi connectivity index (χ0) is 19.5. The Balaban J connectivity index is 1.53. The summed E-state index contributed by atoms with van der Waals surface area (Å²) >= 11 is 0.